The molecular weight excluding hydrogens is 685 g/mol. The van der Waals surface area contributed by atoms with E-state index in [1.165, 1.54) is 7.11 Å². The summed E-state index contributed by atoms with van der Waals surface area (Å²) in [6, 6.07) is 23.8. The molecule has 6 aromatic rings. The van der Waals surface area contributed by atoms with Crippen molar-refractivity contribution in [2.24, 2.45) is 5.73 Å². The number of aromatic nitrogens is 6. The number of nitrogens with two attached hydrogens (primary N) is 1. The topological polar surface area (TPSA) is 197 Å². The third-order valence-corrected chi connectivity index (χ3v) is 9.50. The SMILES string of the molecule is COC(=O)N[C@@H](C(=O)N1CCC[C@H]1c1ncc(-c2ccc(-c3ncc(-c4cnc([C@H](C)NC(=O)[C@H](N)c5ccccc5)[nH]4)cn3)cc2)[nH]1)c1ccccc1. The summed E-state index contributed by atoms with van der Waals surface area (Å²) in [5.41, 5.74) is 11.6. The van der Waals surface area contributed by atoms with Gasteiger partial charge in [-0.1, -0.05) is 84.9 Å². The van der Waals surface area contributed by atoms with Crippen LogP contribution in [0.4, 0.5) is 4.79 Å². The van der Waals surface area contributed by atoms with Crippen molar-refractivity contribution in [2.75, 3.05) is 13.7 Å². The Morgan fingerprint density at radius 3 is 2.09 bits per heavy atom. The molecule has 0 spiro atoms. The summed E-state index contributed by atoms with van der Waals surface area (Å²) in [4.78, 5) is 65.5. The Labute approximate surface area is 311 Å². The van der Waals surface area contributed by atoms with Gasteiger partial charge in [0.05, 0.1) is 43.0 Å². The van der Waals surface area contributed by atoms with Gasteiger partial charge in [0.25, 0.3) is 5.91 Å². The Morgan fingerprint density at radius 2 is 1.41 bits per heavy atom. The molecular formula is C40H40N10O4. The average molecular weight is 725 g/mol. The summed E-state index contributed by atoms with van der Waals surface area (Å²) in [6.45, 7) is 2.38. The number of benzene rings is 3. The number of H-pyrrole nitrogens is 2. The molecule has 7 rings (SSSR count). The zero-order valence-corrected chi connectivity index (χ0v) is 29.8. The van der Waals surface area contributed by atoms with Crippen LogP contribution in [0.5, 0.6) is 0 Å². The van der Waals surface area contributed by atoms with Gasteiger partial charge in [-0.3, -0.25) is 9.59 Å². The van der Waals surface area contributed by atoms with Crippen LogP contribution < -0.4 is 16.4 Å². The number of nitrogens with zero attached hydrogens (tertiary/aromatic N) is 5. The largest absolute Gasteiger partial charge is 0.453 e. The molecule has 0 bridgehead atoms. The number of imidazole rings is 2. The van der Waals surface area contributed by atoms with Crippen molar-refractivity contribution in [1.29, 1.82) is 0 Å². The van der Waals surface area contributed by atoms with Crippen LogP contribution in [0, 0.1) is 0 Å². The van der Waals surface area contributed by atoms with Gasteiger partial charge in [-0.15, -0.1) is 0 Å². The lowest BCUT2D eigenvalue weighted by molar-refractivity contribution is -0.134. The summed E-state index contributed by atoms with van der Waals surface area (Å²) in [7, 11) is 1.27. The van der Waals surface area contributed by atoms with Gasteiger partial charge in [-0.05, 0) is 36.5 Å². The Kier molecular flexibility index (Phi) is 10.5. The minimum Gasteiger partial charge on any atom is -0.453 e. The van der Waals surface area contributed by atoms with Crippen LogP contribution in [0.2, 0.25) is 0 Å². The van der Waals surface area contributed by atoms with Gasteiger partial charge in [0.15, 0.2) is 5.82 Å². The van der Waals surface area contributed by atoms with Crippen molar-refractivity contribution in [1.82, 2.24) is 45.4 Å². The van der Waals surface area contributed by atoms with E-state index in [4.69, 9.17) is 10.5 Å². The number of ether oxygens (including phenoxy) is 1. The van der Waals surface area contributed by atoms with E-state index < -0.39 is 24.2 Å². The lowest BCUT2D eigenvalue weighted by Crippen LogP contribution is -2.42. The molecule has 1 aliphatic heterocycles. The highest BCUT2D eigenvalue weighted by atomic mass is 16.5. The van der Waals surface area contributed by atoms with Gasteiger partial charge in [0.2, 0.25) is 5.91 Å². The van der Waals surface area contributed by atoms with Crippen molar-refractivity contribution >= 4 is 17.9 Å². The van der Waals surface area contributed by atoms with E-state index in [0.717, 1.165) is 40.8 Å². The highest BCUT2D eigenvalue weighted by molar-refractivity contribution is 5.87. The highest BCUT2D eigenvalue weighted by Gasteiger charge is 2.37. The fourth-order valence-corrected chi connectivity index (χ4v) is 6.54. The molecule has 14 nitrogen and oxygen atoms in total. The van der Waals surface area contributed by atoms with Gasteiger partial charge in [-0.2, -0.15) is 0 Å². The third kappa shape index (κ3) is 7.73. The Morgan fingerprint density at radius 1 is 0.778 bits per heavy atom. The highest BCUT2D eigenvalue weighted by Crippen LogP contribution is 2.34. The third-order valence-electron chi connectivity index (χ3n) is 9.50. The van der Waals surface area contributed by atoms with Crippen LogP contribution in [0.3, 0.4) is 0 Å². The normalized spacial score (nSPS) is 15.6. The molecule has 0 unspecified atom stereocenters. The first-order valence-corrected chi connectivity index (χ1v) is 17.6. The summed E-state index contributed by atoms with van der Waals surface area (Å²) < 4.78 is 4.81. The number of hydrogen-bond acceptors (Lipinski definition) is 9. The molecule has 54 heavy (non-hydrogen) atoms. The van der Waals surface area contributed by atoms with Gasteiger partial charge in [0.1, 0.15) is 23.7 Å². The predicted molar refractivity (Wildman–Crippen MR) is 201 cm³/mol. The molecule has 1 aliphatic rings. The zero-order valence-electron chi connectivity index (χ0n) is 29.8. The summed E-state index contributed by atoms with van der Waals surface area (Å²) in [5.74, 6) is 1.30. The molecule has 0 radical (unpaired) electrons. The number of nitrogens with one attached hydrogen (secondary N) is 4. The van der Waals surface area contributed by atoms with E-state index in [0.29, 0.717) is 35.3 Å². The van der Waals surface area contributed by atoms with Crippen molar-refractivity contribution in [3.63, 3.8) is 0 Å². The summed E-state index contributed by atoms with van der Waals surface area (Å²) >= 11 is 0. The van der Waals surface area contributed by atoms with Crippen LogP contribution in [-0.2, 0) is 14.3 Å². The second kappa shape index (κ2) is 15.9. The van der Waals surface area contributed by atoms with Crippen LogP contribution in [0.25, 0.3) is 33.9 Å². The molecule has 6 N–H and O–H groups in total. The summed E-state index contributed by atoms with van der Waals surface area (Å²) in [5, 5.41) is 5.61. The van der Waals surface area contributed by atoms with Crippen LogP contribution in [0.1, 0.15) is 66.7 Å². The lowest BCUT2D eigenvalue weighted by Gasteiger charge is -2.28. The number of carbonyl (C=O) groups is 3. The maximum atomic E-state index is 13.8. The van der Waals surface area contributed by atoms with Gasteiger partial charge in [0, 0.05) is 30.1 Å². The lowest BCUT2D eigenvalue weighted by atomic mass is 10.1. The number of hydrogen-bond donors (Lipinski definition) is 5. The zero-order chi connectivity index (χ0) is 37.6. The second-order valence-electron chi connectivity index (χ2n) is 13.0. The van der Waals surface area contributed by atoms with E-state index in [1.807, 2.05) is 91.9 Å². The van der Waals surface area contributed by atoms with Crippen LogP contribution in [-0.4, -0.2) is 66.4 Å². The molecule has 274 valence electrons. The number of methoxy groups -OCH3 is 1. The first-order chi connectivity index (χ1) is 26.3. The average Bonchev–Trinajstić information content (AvgIpc) is 4.02. The van der Waals surface area contributed by atoms with Gasteiger partial charge < -0.3 is 36.0 Å². The smallest absolute Gasteiger partial charge is 0.407 e. The number of rotatable bonds is 11. The molecule has 3 aromatic heterocycles. The Bertz CT molecular complexity index is 2210. The van der Waals surface area contributed by atoms with E-state index in [2.05, 4.69) is 40.5 Å². The van der Waals surface area contributed by atoms with Gasteiger partial charge in [-0.25, -0.2) is 24.7 Å². The van der Waals surface area contributed by atoms with Crippen molar-refractivity contribution in [2.45, 2.75) is 43.9 Å². The molecule has 4 heterocycles. The molecule has 1 fully saturated rings. The Hall–Kier alpha value is -6.67. The minimum absolute atomic E-state index is 0.224. The number of carbonyl (C=O) groups excluding carboxylic acids is 3. The monoisotopic (exact) mass is 724 g/mol. The predicted octanol–water partition coefficient (Wildman–Crippen LogP) is 5.56. The molecule has 14 heteroatoms. The first-order valence-electron chi connectivity index (χ1n) is 17.6. The van der Waals surface area contributed by atoms with Gasteiger partial charge >= 0.3 is 6.09 Å². The molecule has 0 saturated carbocycles. The second-order valence-corrected chi connectivity index (χ2v) is 13.0. The molecule has 3 aromatic carbocycles. The maximum absolute atomic E-state index is 13.8. The number of alkyl carbamates (subject to hydrolysis) is 1. The molecule has 4 atom stereocenters. The molecule has 1 saturated heterocycles. The maximum Gasteiger partial charge on any atom is 0.407 e. The van der Waals surface area contributed by atoms with E-state index >= 15 is 0 Å². The van der Waals surface area contributed by atoms with Crippen molar-refractivity contribution < 1.29 is 19.1 Å². The molecule has 0 aliphatic carbocycles. The number of likely N-dealkylation sites (tertiary alicyclic amines) is 1. The fourth-order valence-electron chi connectivity index (χ4n) is 6.54. The minimum atomic E-state index is -0.886. The van der Waals surface area contributed by atoms with Crippen molar-refractivity contribution in [3.05, 3.63) is 132 Å². The van der Waals surface area contributed by atoms with E-state index in [-0.39, 0.29) is 17.9 Å². The van der Waals surface area contributed by atoms with E-state index in [9.17, 15) is 14.4 Å². The fraction of sp³-hybridized carbons (Fsp3) is 0.225. The van der Waals surface area contributed by atoms with Crippen LogP contribution in [0.15, 0.2) is 110 Å². The van der Waals surface area contributed by atoms with E-state index in [1.54, 1.807) is 29.7 Å². The first kappa shape index (κ1) is 35.7. The quantitative estimate of drug-likeness (QED) is 0.114. The standard InChI is InChI=1S/C40H40N10O4/c1-24(46-38(51)33(41)26-10-5-3-6-11-26)35-44-23-31(47-35)29-20-42-36(43-21-29)28-17-15-25(16-18-28)30-22-45-37(48-30)32-14-9-19-50(32)39(52)34(49-40(53)54-2)27-12-7-4-8-13-27/h3-8,10-13,15-18,20-24,32-34H,9,14,19,41H2,1-2H3,(H,44,47)(H,45,48)(H,46,51)(H,49,53)/t24-,32-,33+,34+/m0/s1. The molecule has 3 amide bonds. The number of amides is 3. The number of aromatic amines is 2. The van der Waals surface area contributed by atoms with Crippen molar-refractivity contribution in [3.8, 4) is 33.9 Å². The van der Waals surface area contributed by atoms with Crippen LogP contribution >= 0.6 is 0 Å². The Balaban J connectivity index is 0.992. The summed E-state index contributed by atoms with van der Waals surface area (Å²) in [6.07, 6.45) is 7.77.